The lowest BCUT2D eigenvalue weighted by molar-refractivity contribution is -0.138. The molecule has 0 aliphatic carbocycles. The van der Waals surface area contributed by atoms with Gasteiger partial charge in [-0.2, -0.15) is 0 Å². The van der Waals surface area contributed by atoms with Gasteiger partial charge in [0, 0.05) is 0 Å². The Hall–Kier alpha value is -0.820. The van der Waals surface area contributed by atoms with Gasteiger partial charge in [-0.25, -0.2) is 0 Å². The molecule has 0 aromatic heterocycles. The van der Waals surface area contributed by atoms with E-state index in [1.54, 1.807) is 12.1 Å². The van der Waals surface area contributed by atoms with Gasteiger partial charge in [0.1, 0.15) is 11.8 Å². The molecular formula is C9H12INO3. The Morgan fingerprint density at radius 3 is 2.29 bits per heavy atom. The number of aliphatic carboxylic acids is 1. The van der Waals surface area contributed by atoms with Gasteiger partial charge >= 0.3 is 5.97 Å². The van der Waals surface area contributed by atoms with E-state index in [2.05, 4.69) is 0 Å². The molecule has 0 fully saturated rings. The summed E-state index contributed by atoms with van der Waals surface area (Å²) in [5, 5.41) is 17.5. The molecule has 0 saturated carbocycles. The Morgan fingerprint density at radius 2 is 1.86 bits per heavy atom. The Bertz CT molecular complexity index is 299. The summed E-state index contributed by atoms with van der Waals surface area (Å²) in [4.78, 5) is 10.4. The summed E-state index contributed by atoms with van der Waals surface area (Å²) in [5.41, 5.74) is 6.12. The van der Waals surface area contributed by atoms with Gasteiger partial charge in [-0.15, -0.1) is 24.0 Å². The van der Waals surface area contributed by atoms with E-state index < -0.39 is 12.0 Å². The summed E-state index contributed by atoms with van der Waals surface area (Å²) in [5.74, 6) is -0.860. The first-order valence-corrected chi connectivity index (χ1v) is 3.86. The lowest BCUT2D eigenvalue weighted by Gasteiger charge is -2.05. The zero-order chi connectivity index (χ0) is 9.84. The highest BCUT2D eigenvalue weighted by atomic mass is 127. The molecule has 1 atom stereocenters. The second-order valence-electron chi connectivity index (χ2n) is 2.82. The van der Waals surface area contributed by atoms with Gasteiger partial charge in [-0.1, -0.05) is 12.1 Å². The van der Waals surface area contributed by atoms with Crippen LogP contribution in [-0.4, -0.2) is 22.2 Å². The number of halogens is 1. The van der Waals surface area contributed by atoms with Crippen LogP contribution in [0.3, 0.4) is 0 Å². The van der Waals surface area contributed by atoms with Crippen LogP contribution in [0.25, 0.3) is 0 Å². The molecular weight excluding hydrogens is 297 g/mol. The summed E-state index contributed by atoms with van der Waals surface area (Å²) in [7, 11) is 0. The Labute approximate surface area is 98.8 Å². The highest BCUT2D eigenvalue weighted by Gasteiger charge is 2.11. The number of aromatic hydroxyl groups is 1. The number of carbonyl (C=O) groups is 1. The zero-order valence-corrected chi connectivity index (χ0v) is 9.71. The number of rotatable bonds is 3. The summed E-state index contributed by atoms with van der Waals surface area (Å²) >= 11 is 0. The second kappa shape index (κ2) is 5.82. The smallest absolute Gasteiger partial charge is 0.320 e. The van der Waals surface area contributed by atoms with Crippen molar-refractivity contribution >= 4 is 29.9 Å². The number of benzene rings is 1. The first kappa shape index (κ1) is 13.2. The van der Waals surface area contributed by atoms with E-state index in [9.17, 15) is 4.79 Å². The van der Waals surface area contributed by atoms with Crippen LogP contribution >= 0.6 is 24.0 Å². The van der Waals surface area contributed by atoms with E-state index in [1.807, 2.05) is 0 Å². The predicted molar refractivity (Wildman–Crippen MR) is 62.8 cm³/mol. The average Bonchev–Trinajstić information content (AvgIpc) is 2.08. The maximum atomic E-state index is 10.4. The number of phenols is 1. The number of hydrogen-bond donors (Lipinski definition) is 3. The Balaban J connectivity index is 0.00000169. The summed E-state index contributed by atoms with van der Waals surface area (Å²) in [6.07, 6.45) is 0.273. The van der Waals surface area contributed by atoms with Gasteiger partial charge in [0.25, 0.3) is 0 Å². The van der Waals surface area contributed by atoms with Crippen LogP contribution in [0.5, 0.6) is 5.75 Å². The first-order chi connectivity index (χ1) is 6.09. The van der Waals surface area contributed by atoms with Crippen LogP contribution in [0.1, 0.15) is 5.56 Å². The number of carboxylic acids is 1. The minimum absolute atomic E-state index is 0. The molecule has 78 valence electrons. The van der Waals surface area contributed by atoms with E-state index in [-0.39, 0.29) is 36.1 Å². The van der Waals surface area contributed by atoms with Gasteiger partial charge < -0.3 is 15.9 Å². The maximum Gasteiger partial charge on any atom is 0.320 e. The third kappa shape index (κ3) is 3.93. The van der Waals surface area contributed by atoms with Crippen LogP contribution in [0.4, 0.5) is 0 Å². The van der Waals surface area contributed by atoms with Crippen molar-refractivity contribution in [2.24, 2.45) is 5.73 Å². The third-order valence-electron chi connectivity index (χ3n) is 1.71. The highest BCUT2D eigenvalue weighted by molar-refractivity contribution is 14.0. The molecule has 0 saturated heterocycles. The van der Waals surface area contributed by atoms with Gasteiger partial charge in [0.15, 0.2) is 0 Å². The van der Waals surface area contributed by atoms with E-state index in [1.165, 1.54) is 12.1 Å². The summed E-state index contributed by atoms with van der Waals surface area (Å²) in [6, 6.07) is 5.42. The SMILES string of the molecule is I.NC(Cc1ccc(O)cc1)C(=O)O. The van der Waals surface area contributed by atoms with E-state index in [4.69, 9.17) is 15.9 Å². The fraction of sp³-hybridized carbons (Fsp3) is 0.222. The molecule has 4 nitrogen and oxygen atoms in total. The number of phenolic OH excluding ortho intramolecular Hbond substituents is 1. The van der Waals surface area contributed by atoms with Crippen molar-refractivity contribution in [3.63, 3.8) is 0 Å². The fourth-order valence-electron chi connectivity index (χ4n) is 0.973. The number of nitrogens with two attached hydrogens (primary N) is 1. The molecule has 14 heavy (non-hydrogen) atoms. The lowest BCUT2D eigenvalue weighted by atomic mass is 10.1. The van der Waals surface area contributed by atoms with E-state index in [0.717, 1.165) is 5.56 Å². The standard InChI is InChI=1S/C9H11NO3.HI/c10-8(9(12)13)5-6-1-3-7(11)4-2-6;/h1-4,8,11H,5,10H2,(H,12,13);1H. The minimum Gasteiger partial charge on any atom is -0.508 e. The van der Waals surface area contributed by atoms with Gasteiger partial charge in [0.2, 0.25) is 0 Å². The summed E-state index contributed by atoms with van der Waals surface area (Å²) < 4.78 is 0. The largest absolute Gasteiger partial charge is 0.508 e. The molecule has 1 aromatic rings. The van der Waals surface area contributed by atoms with Gasteiger partial charge in [0.05, 0.1) is 0 Å². The van der Waals surface area contributed by atoms with Crippen molar-refractivity contribution in [2.75, 3.05) is 0 Å². The first-order valence-electron chi connectivity index (χ1n) is 3.86. The van der Waals surface area contributed by atoms with Gasteiger partial charge in [-0.05, 0) is 24.1 Å². The van der Waals surface area contributed by atoms with Crippen molar-refractivity contribution in [1.29, 1.82) is 0 Å². The fourth-order valence-corrected chi connectivity index (χ4v) is 0.973. The zero-order valence-electron chi connectivity index (χ0n) is 7.38. The minimum atomic E-state index is -1.02. The predicted octanol–water partition coefficient (Wildman–Crippen LogP) is 0.965. The summed E-state index contributed by atoms with van der Waals surface area (Å²) in [6.45, 7) is 0. The maximum absolute atomic E-state index is 10.4. The van der Waals surface area contributed by atoms with Crippen molar-refractivity contribution in [3.05, 3.63) is 29.8 Å². The molecule has 0 spiro atoms. The normalized spacial score (nSPS) is 11.5. The van der Waals surface area contributed by atoms with Crippen molar-refractivity contribution < 1.29 is 15.0 Å². The molecule has 0 aliphatic heterocycles. The van der Waals surface area contributed by atoms with E-state index >= 15 is 0 Å². The van der Waals surface area contributed by atoms with Crippen molar-refractivity contribution in [1.82, 2.24) is 0 Å². The van der Waals surface area contributed by atoms with Crippen LogP contribution < -0.4 is 5.73 Å². The molecule has 0 amide bonds. The molecule has 4 N–H and O–H groups in total. The average molecular weight is 309 g/mol. The Morgan fingerprint density at radius 1 is 1.36 bits per heavy atom. The van der Waals surface area contributed by atoms with Crippen LogP contribution in [0.2, 0.25) is 0 Å². The second-order valence-corrected chi connectivity index (χ2v) is 2.82. The van der Waals surface area contributed by atoms with Crippen molar-refractivity contribution in [3.8, 4) is 5.75 Å². The molecule has 5 heteroatoms. The van der Waals surface area contributed by atoms with E-state index in [0.29, 0.717) is 0 Å². The number of hydrogen-bond acceptors (Lipinski definition) is 3. The molecule has 0 radical (unpaired) electrons. The van der Waals surface area contributed by atoms with Crippen LogP contribution in [-0.2, 0) is 11.2 Å². The molecule has 0 aliphatic rings. The topological polar surface area (TPSA) is 83.5 Å². The quantitative estimate of drug-likeness (QED) is 0.726. The molecule has 1 unspecified atom stereocenters. The Kier molecular flexibility index (Phi) is 5.47. The van der Waals surface area contributed by atoms with Gasteiger partial charge in [-0.3, -0.25) is 4.79 Å². The highest BCUT2D eigenvalue weighted by Crippen LogP contribution is 2.10. The van der Waals surface area contributed by atoms with Crippen LogP contribution in [0.15, 0.2) is 24.3 Å². The lowest BCUT2D eigenvalue weighted by Crippen LogP contribution is -2.32. The monoisotopic (exact) mass is 309 g/mol. The molecule has 0 bridgehead atoms. The van der Waals surface area contributed by atoms with Crippen molar-refractivity contribution in [2.45, 2.75) is 12.5 Å². The number of carboxylic acid groups (broad SMARTS) is 1. The molecule has 1 rings (SSSR count). The van der Waals surface area contributed by atoms with Crippen LogP contribution in [0, 0.1) is 0 Å². The third-order valence-corrected chi connectivity index (χ3v) is 1.71. The molecule has 0 heterocycles. The molecule has 1 aromatic carbocycles.